The van der Waals surface area contributed by atoms with E-state index >= 15 is 0 Å². The predicted octanol–water partition coefficient (Wildman–Crippen LogP) is -0.747. The number of aryl methyl sites for hydroxylation is 1. The van der Waals surface area contributed by atoms with Crippen molar-refractivity contribution in [1.29, 1.82) is 0 Å². The van der Waals surface area contributed by atoms with Gasteiger partial charge in [-0.15, -0.1) is 0 Å². The zero-order valence-corrected chi connectivity index (χ0v) is 14.0. The Morgan fingerprint density at radius 2 is 1.79 bits per heavy atom. The fraction of sp³-hybridized carbons (Fsp3) is 0.533. The Morgan fingerprint density at radius 1 is 1.17 bits per heavy atom. The van der Waals surface area contributed by atoms with E-state index in [1.807, 2.05) is 0 Å². The molecule has 0 amide bonds. The van der Waals surface area contributed by atoms with Gasteiger partial charge in [-0.05, 0) is 13.8 Å². The Hall–Kier alpha value is -2.71. The van der Waals surface area contributed by atoms with Crippen LogP contribution >= 0.6 is 0 Å². The Labute approximate surface area is 137 Å². The average molecular weight is 340 g/mol. The van der Waals surface area contributed by atoms with E-state index in [0.29, 0.717) is 0 Å². The van der Waals surface area contributed by atoms with Gasteiger partial charge >= 0.3 is 17.6 Å². The first-order valence-corrected chi connectivity index (χ1v) is 7.27. The van der Waals surface area contributed by atoms with Crippen molar-refractivity contribution < 1.29 is 23.9 Å². The summed E-state index contributed by atoms with van der Waals surface area (Å²) in [6.07, 6.45) is 0.726. The monoisotopic (exact) mass is 340 g/mol. The molecule has 9 heteroatoms. The van der Waals surface area contributed by atoms with Crippen LogP contribution in [0, 0.1) is 0 Å². The van der Waals surface area contributed by atoms with Gasteiger partial charge in [0.25, 0.3) is 5.56 Å². The van der Waals surface area contributed by atoms with Crippen molar-refractivity contribution in [1.82, 2.24) is 9.13 Å². The van der Waals surface area contributed by atoms with Crippen molar-refractivity contribution in [3.8, 4) is 0 Å². The summed E-state index contributed by atoms with van der Waals surface area (Å²) in [5.74, 6) is -3.18. The van der Waals surface area contributed by atoms with E-state index in [1.54, 1.807) is 6.92 Å². The van der Waals surface area contributed by atoms with Gasteiger partial charge in [0.15, 0.2) is 5.78 Å². The number of aromatic nitrogens is 2. The maximum atomic E-state index is 12.3. The second-order valence-electron chi connectivity index (χ2n) is 5.21. The number of carbonyl (C=O) groups is 3. The highest BCUT2D eigenvalue weighted by Crippen LogP contribution is 2.18. The van der Waals surface area contributed by atoms with Crippen LogP contribution in [0.25, 0.3) is 0 Å². The molecule has 1 aromatic heterocycles. The minimum absolute atomic E-state index is 0.0576. The fourth-order valence-corrected chi connectivity index (χ4v) is 2.05. The molecule has 1 aromatic rings. The summed E-state index contributed by atoms with van der Waals surface area (Å²) >= 11 is 0. The first kappa shape index (κ1) is 19.3. The van der Waals surface area contributed by atoms with Crippen LogP contribution in [0.4, 0.5) is 0 Å². The third-order valence-electron chi connectivity index (χ3n) is 3.23. The Kier molecular flexibility index (Phi) is 6.63. The molecular formula is C15H20N2O7. The smallest absolute Gasteiger partial charge is 0.330 e. The Morgan fingerprint density at radius 3 is 2.33 bits per heavy atom. The summed E-state index contributed by atoms with van der Waals surface area (Å²) in [5, 5.41) is 0. The van der Waals surface area contributed by atoms with Crippen LogP contribution in [-0.4, -0.2) is 40.1 Å². The molecule has 0 radical (unpaired) electrons. The summed E-state index contributed by atoms with van der Waals surface area (Å²) < 4.78 is 11.6. The summed E-state index contributed by atoms with van der Waals surface area (Å²) in [6.45, 7) is 2.48. The Bertz CT molecular complexity index is 760. The SMILES string of the molecule is CCOC(=O)[C@@H](CC(=O)OCC(C)=O)c1cn(C)c(=O)n(C)c1=O. The molecule has 0 N–H and O–H groups in total. The molecule has 0 aliphatic carbocycles. The van der Waals surface area contributed by atoms with Gasteiger partial charge in [-0.2, -0.15) is 0 Å². The number of rotatable bonds is 7. The predicted molar refractivity (Wildman–Crippen MR) is 82.6 cm³/mol. The van der Waals surface area contributed by atoms with E-state index in [-0.39, 0.29) is 18.0 Å². The average Bonchev–Trinajstić information content (AvgIpc) is 2.52. The quantitative estimate of drug-likeness (QED) is 0.600. The highest BCUT2D eigenvalue weighted by atomic mass is 16.5. The van der Waals surface area contributed by atoms with Crippen molar-refractivity contribution >= 4 is 17.7 Å². The number of Topliss-reactive ketones (excluding diaryl/α,β-unsaturated/α-hetero) is 1. The van der Waals surface area contributed by atoms with Crippen molar-refractivity contribution in [3.63, 3.8) is 0 Å². The van der Waals surface area contributed by atoms with Crippen molar-refractivity contribution in [2.45, 2.75) is 26.2 Å². The highest BCUT2D eigenvalue weighted by Gasteiger charge is 2.29. The van der Waals surface area contributed by atoms with Gasteiger partial charge in [0.2, 0.25) is 0 Å². The first-order valence-electron chi connectivity index (χ1n) is 7.27. The van der Waals surface area contributed by atoms with Gasteiger partial charge in [0.1, 0.15) is 6.61 Å². The lowest BCUT2D eigenvalue weighted by molar-refractivity contribution is -0.153. The summed E-state index contributed by atoms with van der Waals surface area (Å²) in [6, 6.07) is 0. The molecule has 0 spiro atoms. The van der Waals surface area contributed by atoms with Gasteiger partial charge in [-0.1, -0.05) is 0 Å². The lowest BCUT2D eigenvalue weighted by atomic mass is 9.98. The molecule has 1 atom stereocenters. The van der Waals surface area contributed by atoms with Crippen LogP contribution in [0.15, 0.2) is 15.8 Å². The molecule has 0 unspecified atom stereocenters. The third kappa shape index (κ3) is 4.64. The molecule has 0 saturated heterocycles. The normalized spacial score (nSPS) is 11.7. The minimum Gasteiger partial charge on any atom is -0.466 e. The molecule has 0 saturated carbocycles. The number of carbonyl (C=O) groups excluding carboxylic acids is 3. The van der Waals surface area contributed by atoms with E-state index in [1.165, 1.54) is 27.2 Å². The van der Waals surface area contributed by atoms with Gasteiger partial charge in [0.05, 0.1) is 18.9 Å². The molecule has 24 heavy (non-hydrogen) atoms. The zero-order valence-electron chi connectivity index (χ0n) is 14.0. The van der Waals surface area contributed by atoms with Crippen LogP contribution in [-0.2, 0) is 38.0 Å². The summed E-state index contributed by atoms with van der Waals surface area (Å²) in [7, 11) is 2.69. The van der Waals surface area contributed by atoms with Crippen LogP contribution in [0.2, 0.25) is 0 Å². The molecule has 1 rings (SSSR count). The van der Waals surface area contributed by atoms with Gasteiger partial charge in [0, 0.05) is 25.9 Å². The number of nitrogens with zero attached hydrogens (tertiary/aromatic N) is 2. The standard InChI is InChI=1S/C15H20N2O7/c1-5-23-14(21)10(6-12(19)24-8-9(2)18)11-7-16(3)15(22)17(4)13(11)20/h7,10H,5-6,8H2,1-4H3/t10-/m0/s1. The van der Waals surface area contributed by atoms with Gasteiger partial charge in [-0.25, -0.2) is 4.79 Å². The molecule has 1 heterocycles. The molecule has 132 valence electrons. The lowest BCUT2D eigenvalue weighted by Gasteiger charge is -2.16. The van der Waals surface area contributed by atoms with E-state index in [0.717, 1.165) is 9.13 Å². The number of hydrogen-bond donors (Lipinski definition) is 0. The van der Waals surface area contributed by atoms with Crippen LogP contribution in [0.1, 0.15) is 31.7 Å². The van der Waals surface area contributed by atoms with Gasteiger partial charge in [-0.3, -0.25) is 23.7 Å². The first-order chi connectivity index (χ1) is 11.2. The molecule has 0 fully saturated rings. The van der Waals surface area contributed by atoms with Crippen molar-refractivity contribution in [2.24, 2.45) is 14.1 Å². The molecule has 0 aromatic carbocycles. The van der Waals surface area contributed by atoms with Crippen molar-refractivity contribution in [3.05, 3.63) is 32.6 Å². The maximum absolute atomic E-state index is 12.3. The number of ketones is 1. The highest BCUT2D eigenvalue weighted by molar-refractivity contribution is 5.85. The number of esters is 2. The van der Waals surface area contributed by atoms with Crippen LogP contribution < -0.4 is 11.2 Å². The second-order valence-corrected chi connectivity index (χ2v) is 5.21. The topological polar surface area (TPSA) is 114 Å². The number of hydrogen-bond acceptors (Lipinski definition) is 7. The number of ether oxygens (including phenoxy) is 2. The molecular weight excluding hydrogens is 320 g/mol. The Balaban J connectivity index is 3.23. The van der Waals surface area contributed by atoms with E-state index < -0.39 is 42.1 Å². The fourth-order valence-electron chi connectivity index (χ4n) is 2.05. The summed E-state index contributed by atoms with van der Waals surface area (Å²) in [4.78, 5) is 58.8. The van der Waals surface area contributed by atoms with E-state index in [4.69, 9.17) is 9.47 Å². The maximum Gasteiger partial charge on any atom is 0.330 e. The largest absolute Gasteiger partial charge is 0.466 e. The van der Waals surface area contributed by atoms with Crippen LogP contribution in [0.3, 0.4) is 0 Å². The van der Waals surface area contributed by atoms with E-state index in [9.17, 15) is 24.0 Å². The third-order valence-corrected chi connectivity index (χ3v) is 3.23. The zero-order chi connectivity index (χ0) is 18.4. The van der Waals surface area contributed by atoms with Crippen LogP contribution in [0.5, 0.6) is 0 Å². The molecule has 9 nitrogen and oxygen atoms in total. The van der Waals surface area contributed by atoms with Crippen molar-refractivity contribution in [2.75, 3.05) is 13.2 Å². The molecule has 0 bridgehead atoms. The lowest BCUT2D eigenvalue weighted by Crippen LogP contribution is -2.40. The van der Waals surface area contributed by atoms with Gasteiger partial charge < -0.3 is 14.0 Å². The second kappa shape index (κ2) is 8.23. The molecule has 0 aliphatic rings. The summed E-state index contributed by atoms with van der Waals surface area (Å²) in [5.41, 5.74) is -1.32. The molecule has 0 aliphatic heterocycles. The minimum atomic E-state index is -1.23. The van der Waals surface area contributed by atoms with E-state index in [2.05, 4.69) is 0 Å².